The summed E-state index contributed by atoms with van der Waals surface area (Å²) in [6.45, 7) is 0.437. The summed E-state index contributed by atoms with van der Waals surface area (Å²) >= 11 is 21.7. The van der Waals surface area contributed by atoms with Crippen LogP contribution >= 0.6 is 50.7 Å². The van der Waals surface area contributed by atoms with Crippen LogP contribution in [0.25, 0.3) is 0 Å². The first-order valence-corrected chi connectivity index (χ1v) is 8.88. The molecule has 3 rings (SSSR count). The van der Waals surface area contributed by atoms with Gasteiger partial charge in [-0.3, -0.25) is 0 Å². The minimum Gasteiger partial charge on any atom is -0.342 e. The SMILES string of the molecule is Clc1ccc(C2COC(CBr)(c3ccc(Cl)cc3Cl)O2)cc1. The van der Waals surface area contributed by atoms with E-state index in [0.29, 0.717) is 27.0 Å². The fourth-order valence-corrected chi connectivity index (χ4v) is 3.71. The molecule has 2 aromatic rings. The summed E-state index contributed by atoms with van der Waals surface area (Å²) < 4.78 is 12.2. The molecule has 0 spiro atoms. The van der Waals surface area contributed by atoms with E-state index in [2.05, 4.69) is 15.9 Å². The van der Waals surface area contributed by atoms with Gasteiger partial charge in [0.05, 0.1) is 17.0 Å². The van der Waals surface area contributed by atoms with Crippen LogP contribution in [0.1, 0.15) is 17.2 Å². The molecule has 2 aromatic carbocycles. The molecule has 116 valence electrons. The molecule has 0 bridgehead atoms. The van der Waals surface area contributed by atoms with Gasteiger partial charge in [-0.1, -0.05) is 68.9 Å². The summed E-state index contributed by atoms with van der Waals surface area (Å²) in [5, 5.41) is 2.25. The first-order chi connectivity index (χ1) is 10.5. The van der Waals surface area contributed by atoms with E-state index in [1.165, 1.54) is 0 Å². The molecule has 2 atom stereocenters. The number of alkyl halides is 1. The standard InChI is InChI=1S/C16H12BrCl3O2/c17-9-16(13-6-5-12(19)7-14(13)20)21-8-15(22-16)10-1-3-11(18)4-2-10/h1-7,15H,8-9H2. The van der Waals surface area contributed by atoms with Gasteiger partial charge in [0, 0.05) is 15.6 Å². The number of hydrogen-bond donors (Lipinski definition) is 0. The van der Waals surface area contributed by atoms with E-state index in [1.54, 1.807) is 12.1 Å². The van der Waals surface area contributed by atoms with Crippen LogP contribution in [0.3, 0.4) is 0 Å². The first-order valence-electron chi connectivity index (χ1n) is 6.63. The Morgan fingerprint density at radius 1 is 1.05 bits per heavy atom. The number of hydrogen-bond acceptors (Lipinski definition) is 2. The molecule has 1 aliphatic heterocycles. The van der Waals surface area contributed by atoms with Crippen molar-refractivity contribution in [3.63, 3.8) is 0 Å². The van der Waals surface area contributed by atoms with Gasteiger partial charge >= 0.3 is 0 Å². The van der Waals surface area contributed by atoms with Gasteiger partial charge in [0.25, 0.3) is 0 Å². The molecule has 0 aromatic heterocycles. The third kappa shape index (κ3) is 3.16. The van der Waals surface area contributed by atoms with E-state index in [4.69, 9.17) is 44.3 Å². The Morgan fingerprint density at radius 3 is 2.36 bits per heavy atom. The number of rotatable bonds is 3. The Labute approximate surface area is 152 Å². The summed E-state index contributed by atoms with van der Waals surface area (Å²) in [7, 11) is 0. The third-order valence-corrected chi connectivity index (χ3v) is 5.10. The van der Waals surface area contributed by atoms with Crippen molar-refractivity contribution in [1.29, 1.82) is 0 Å². The maximum Gasteiger partial charge on any atom is 0.207 e. The third-order valence-electron chi connectivity index (χ3n) is 3.56. The van der Waals surface area contributed by atoms with E-state index in [9.17, 15) is 0 Å². The summed E-state index contributed by atoms with van der Waals surface area (Å²) in [5.41, 5.74) is 1.77. The molecule has 0 aliphatic carbocycles. The van der Waals surface area contributed by atoms with Crippen molar-refractivity contribution < 1.29 is 9.47 Å². The van der Waals surface area contributed by atoms with Gasteiger partial charge in [-0.25, -0.2) is 0 Å². The monoisotopic (exact) mass is 420 g/mol. The van der Waals surface area contributed by atoms with Crippen molar-refractivity contribution in [2.24, 2.45) is 0 Å². The van der Waals surface area contributed by atoms with Crippen molar-refractivity contribution in [3.05, 3.63) is 68.7 Å². The van der Waals surface area contributed by atoms with Gasteiger partial charge in [0.15, 0.2) is 0 Å². The first kappa shape index (κ1) is 16.6. The minimum atomic E-state index is -0.925. The van der Waals surface area contributed by atoms with Gasteiger partial charge in [0.1, 0.15) is 6.10 Å². The van der Waals surface area contributed by atoms with Crippen LogP contribution in [0.5, 0.6) is 0 Å². The minimum absolute atomic E-state index is 0.179. The molecule has 6 heteroatoms. The fourth-order valence-electron chi connectivity index (χ4n) is 2.43. The normalized spacial score (nSPS) is 24.6. The van der Waals surface area contributed by atoms with Gasteiger partial charge in [0.2, 0.25) is 5.79 Å². The second kappa shape index (κ2) is 6.68. The Balaban J connectivity index is 1.91. The highest BCUT2D eigenvalue weighted by atomic mass is 79.9. The van der Waals surface area contributed by atoms with Crippen LogP contribution in [-0.4, -0.2) is 11.9 Å². The molecule has 1 heterocycles. The van der Waals surface area contributed by atoms with Crippen LogP contribution in [0.15, 0.2) is 42.5 Å². The highest BCUT2D eigenvalue weighted by Crippen LogP contribution is 2.44. The number of halogens is 4. The Hall–Kier alpha value is -0.290. The molecule has 0 saturated carbocycles. The van der Waals surface area contributed by atoms with Crippen LogP contribution < -0.4 is 0 Å². The molecule has 0 N–H and O–H groups in total. The molecule has 1 aliphatic rings. The summed E-state index contributed by atoms with van der Waals surface area (Å²) in [6.07, 6.45) is -0.179. The molecule has 2 nitrogen and oxygen atoms in total. The number of benzene rings is 2. The zero-order valence-electron chi connectivity index (χ0n) is 11.4. The van der Waals surface area contributed by atoms with E-state index in [0.717, 1.165) is 11.1 Å². The largest absolute Gasteiger partial charge is 0.342 e. The topological polar surface area (TPSA) is 18.5 Å². The lowest BCUT2D eigenvalue weighted by atomic mass is 10.1. The van der Waals surface area contributed by atoms with Crippen LogP contribution in [0, 0.1) is 0 Å². The number of ether oxygens (including phenoxy) is 2. The van der Waals surface area contributed by atoms with Crippen molar-refractivity contribution in [2.45, 2.75) is 11.9 Å². The molecule has 0 amide bonds. The van der Waals surface area contributed by atoms with Crippen molar-refractivity contribution in [3.8, 4) is 0 Å². The van der Waals surface area contributed by atoms with E-state index in [1.807, 2.05) is 30.3 Å². The highest BCUT2D eigenvalue weighted by molar-refractivity contribution is 9.09. The van der Waals surface area contributed by atoms with Crippen molar-refractivity contribution in [1.82, 2.24) is 0 Å². The van der Waals surface area contributed by atoms with Gasteiger partial charge in [-0.05, 0) is 29.8 Å². The summed E-state index contributed by atoms with van der Waals surface area (Å²) in [5.74, 6) is -0.925. The van der Waals surface area contributed by atoms with Crippen molar-refractivity contribution in [2.75, 3.05) is 11.9 Å². The van der Waals surface area contributed by atoms with Crippen LogP contribution in [-0.2, 0) is 15.3 Å². The lowest BCUT2D eigenvalue weighted by Gasteiger charge is -2.27. The fraction of sp³-hybridized carbons (Fsp3) is 0.250. The van der Waals surface area contributed by atoms with Gasteiger partial charge in [-0.2, -0.15) is 0 Å². The lowest BCUT2D eigenvalue weighted by molar-refractivity contribution is -0.157. The maximum atomic E-state index is 6.31. The zero-order valence-corrected chi connectivity index (χ0v) is 15.2. The van der Waals surface area contributed by atoms with Crippen molar-refractivity contribution >= 4 is 50.7 Å². The molecule has 2 unspecified atom stereocenters. The quantitative estimate of drug-likeness (QED) is 0.566. The van der Waals surface area contributed by atoms with Crippen LogP contribution in [0.2, 0.25) is 15.1 Å². The predicted octanol–water partition coefficient (Wildman–Crippen LogP) is 5.98. The molecule has 1 fully saturated rings. The van der Waals surface area contributed by atoms with Gasteiger partial charge in [-0.15, -0.1) is 0 Å². The summed E-state index contributed by atoms with van der Waals surface area (Å²) in [4.78, 5) is 0. The lowest BCUT2D eigenvalue weighted by Crippen LogP contribution is -2.29. The average molecular weight is 423 g/mol. The highest BCUT2D eigenvalue weighted by Gasteiger charge is 2.44. The van der Waals surface area contributed by atoms with E-state index < -0.39 is 5.79 Å². The molecular formula is C16H12BrCl3O2. The molecule has 0 radical (unpaired) electrons. The second-order valence-corrected chi connectivity index (χ2v) is 6.82. The predicted molar refractivity (Wildman–Crippen MR) is 93.2 cm³/mol. The van der Waals surface area contributed by atoms with E-state index in [-0.39, 0.29) is 6.10 Å². The Morgan fingerprint density at radius 2 is 1.73 bits per heavy atom. The summed E-state index contributed by atoms with van der Waals surface area (Å²) in [6, 6.07) is 12.8. The Kier molecular flexibility index (Phi) is 5.03. The zero-order chi connectivity index (χ0) is 15.7. The maximum absolute atomic E-state index is 6.31. The van der Waals surface area contributed by atoms with Crippen LogP contribution in [0.4, 0.5) is 0 Å². The molecule has 1 saturated heterocycles. The Bertz CT molecular complexity index is 678. The molecular weight excluding hydrogens is 410 g/mol. The van der Waals surface area contributed by atoms with Gasteiger partial charge < -0.3 is 9.47 Å². The second-order valence-electron chi connectivity index (χ2n) is 4.98. The van der Waals surface area contributed by atoms with E-state index >= 15 is 0 Å². The smallest absolute Gasteiger partial charge is 0.207 e. The molecule has 22 heavy (non-hydrogen) atoms. The average Bonchev–Trinajstić information content (AvgIpc) is 2.93.